The zero-order valence-corrected chi connectivity index (χ0v) is 20.1. The Balaban J connectivity index is 1.61. The Morgan fingerprint density at radius 1 is 1.06 bits per heavy atom. The van der Waals surface area contributed by atoms with Crippen molar-refractivity contribution in [3.05, 3.63) is 70.8 Å². The molecule has 0 radical (unpaired) electrons. The Hall–Kier alpha value is -4.32. The van der Waals surface area contributed by atoms with Crippen LogP contribution in [-0.4, -0.2) is 28.8 Å². The highest BCUT2D eigenvalue weighted by atomic mass is 19.1. The molecule has 0 amide bonds. The van der Waals surface area contributed by atoms with Crippen LogP contribution < -0.4 is 20.1 Å². The standard InChI is InChI=1S/C26H27FN6O2/c1-5-17-8-16(12-28)9-21(27)20(17)14-29-24-11-22-25(31-15-33(22)2)26(32-24)30-13-18-6-7-19(34-3)10-23(18)35-4/h6-11,15H,5,13-14H2,1-4H3,(H2,29,30,32). The van der Waals surface area contributed by atoms with Crippen LogP contribution in [0, 0.1) is 17.1 Å². The third-order valence-corrected chi connectivity index (χ3v) is 5.90. The second kappa shape index (κ2) is 10.3. The number of fused-ring (bicyclic) bond motifs is 1. The van der Waals surface area contributed by atoms with Crippen LogP contribution in [0.1, 0.15) is 29.2 Å². The lowest BCUT2D eigenvalue weighted by Gasteiger charge is -2.15. The van der Waals surface area contributed by atoms with Gasteiger partial charge in [-0.2, -0.15) is 5.26 Å². The molecule has 0 aliphatic rings. The van der Waals surface area contributed by atoms with E-state index >= 15 is 0 Å². The summed E-state index contributed by atoms with van der Waals surface area (Å²) >= 11 is 0. The summed E-state index contributed by atoms with van der Waals surface area (Å²) in [6, 6.07) is 12.5. The average Bonchev–Trinajstić information content (AvgIpc) is 3.26. The van der Waals surface area contributed by atoms with Crippen molar-refractivity contribution in [2.75, 3.05) is 24.9 Å². The maximum absolute atomic E-state index is 14.7. The fourth-order valence-corrected chi connectivity index (χ4v) is 3.97. The molecule has 2 N–H and O–H groups in total. The van der Waals surface area contributed by atoms with Gasteiger partial charge in [0.25, 0.3) is 0 Å². The van der Waals surface area contributed by atoms with Crippen LogP contribution in [0.3, 0.4) is 0 Å². The second-order valence-corrected chi connectivity index (χ2v) is 8.03. The quantitative estimate of drug-likeness (QED) is 0.360. The Bertz CT molecular complexity index is 1410. The van der Waals surface area contributed by atoms with Crippen LogP contribution in [-0.2, 0) is 26.6 Å². The van der Waals surface area contributed by atoms with Gasteiger partial charge < -0.3 is 24.7 Å². The molecule has 0 aliphatic carbocycles. The molecule has 0 saturated heterocycles. The number of halogens is 1. The fraction of sp³-hybridized carbons (Fsp3) is 0.269. The van der Waals surface area contributed by atoms with Crippen LogP contribution in [0.15, 0.2) is 42.7 Å². The average molecular weight is 475 g/mol. The van der Waals surface area contributed by atoms with Crippen LogP contribution in [0.5, 0.6) is 11.5 Å². The summed E-state index contributed by atoms with van der Waals surface area (Å²) in [5.41, 5.74) is 4.17. The number of anilines is 2. The van der Waals surface area contributed by atoms with Crippen molar-refractivity contribution in [3.8, 4) is 17.6 Å². The van der Waals surface area contributed by atoms with E-state index in [4.69, 9.17) is 19.7 Å². The number of hydrogen-bond acceptors (Lipinski definition) is 7. The number of methoxy groups -OCH3 is 2. The molecule has 180 valence electrons. The molecule has 2 aromatic carbocycles. The molecule has 35 heavy (non-hydrogen) atoms. The molecule has 0 bridgehead atoms. The molecule has 2 heterocycles. The summed E-state index contributed by atoms with van der Waals surface area (Å²) < 4.78 is 27.4. The van der Waals surface area contributed by atoms with Crippen LogP contribution in [0.25, 0.3) is 11.0 Å². The lowest BCUT2D eigenvalue weighted by atomic mass is 10.0. The molecule has 0 aliphatic heterocycles. The monoisotopic (exact) mass is 474 g/mol. The molecule has 4 aromatic rings. The molecule has 0 unspecified atom stereocenters. The zero-order chi connectivity index (χ0) is 24.9. The first-order chi connectivity index (χ1) is 17.0. The maximum atomic E-state index is 14.7. The van der Waals surface area contributed by atoms with Crippen molar-refractivity contribution in [3.63, 3.8) is 0 Å². The van der Waals surface area contributed by atoms with Gasteiger partial charge >= 0.3 is 0 Å². The predicted octanol–water partition coefficient (Wildman–Crippen LogP) is 4.78. The summed E-state index contributed by atoms with van der Waals surface area (Å²) in [6.07, 6.45) is 2.35. The molecule has 2 aromatic heterocycles. The fourth-order valence-electron chi connectivity index (χ4n) is 3.97. The van der Waals surface area contributed by atoms with Crippen molar-refractivity contribution in [1.29, 1.82) is 5.26 Å². The van der Waals surface area contributed by atoms with Crippen molar-refractivity contribution in [1.82, 2.24) is 14.5 Å². The number of aryl methyl sites for hydroxylation is 2. The van der Waals surface area contributed by atoms with Gasteiger partial charge in [0.1, 0.15) is 28.7 Å². The Morgan fingerprint density at radius 2 is 1.89 bits per heavy atom. The molecule has 9 heteroatoms. The highest BCUT2D eigenvalue weighted by Crippen LogP contribution is 2.28. The summed E-state index contributed by atoms with van der Waals surface area (Å²) in [6.45, 7) is 2.64. The van der Waals surface area contributed by atoms with E-state index in [1.165, 1.54) is 6.07 Å². The van der Waals surface area contributed by atoms with Gasteiger partial charge in [0.15, 0.2) is 5.82 Å². The van der Waals surface area contributed by atoms with Crippen molar-refractivity contribution < 1.29 is 13.9 Å². The van der Waals surface area contributed by atoms with Crippen molar-refractivity contribution in [2.24, 2.45) is 7.05 Å². The van der Waals surface area contributed by atoms with Crippen LogP contribution >= 0.6 is 0 Å². The third kappa shape index (κ3) is 4.96. The van der Waals surface area contributed by atoms with E-state index in [9.17, 15) is 4.39 Å². The first-order valence-electron chi connectivity index (χ1n) is 11.2. The summed E-state index contributed by atoms with van der Waals surface area (Å²) in [5.74, 6) is 2.19. The van der Waals surface area contributed by atoms with Gasteiger partial charge in [-0.1, -0.05) is 6.92 Å². The lowest BCUT2D eigenvalue weighted by Crippen LogP contribution is -2.09. The number of ether oxygens (including phenoxy) is 2. The van der Waals surface area contributed by atoms with Gasteiger partial charge in [0.2, 0.25) is 0 Å². The van der Waals surface area contributed by atoms with E-state index < -0.39 is 5.82 Å². The van der Waals surface area contributed by atoms with Crippen LogP contribution in [0.2, 0.25) is 0 Å². The van der Waals surface area contributed by atoms with E-state index in [0.29, 0.717) is 47.2 Å². The van der Waals surface area contributed by atoms with Crippen LogP contribution in [0.4, 0.5) is 16.0 Å². The number of aromatic nitrogens is 3. The third-order valence-electron chi connectivity index (χ3n) is 5.90. The van der Waals surface area contributed by atoms with Crippen molar-refractivity contribution in [2.45, 2.75) is 26.4 Å². The number of nitriles is 1. The zero-order valence-electron chi connectivity index (χ0n) is 20.1. The highest BCUT2D eigenvalue weighted by molar-refractivity contribution is 5.88. The van der Waals surface area contributed by atoms with E-state index in [2.05, 4.69) is 15.6 Å². The van der Waals surface area contributed by atoms with Gasteiger partial charge in [0.05, 0.1) is 37.7 Å². The number of hydrogen-bond donors (Lipinski definition) is 2. The second-order valence-electron chi connectivity index (χ2n) is 8.03. The molecule has 0 fully saturated rings. The van der Waals surface area contributed by atoms with E-state index in [-0.39, 0.29) is 6.54 Å². The molecule has 0 atom stereocenters. The molecule has 0 saturated carbocycles. The topological polar surface area (TPSA) is 97.0 Å². The minimum Gasteiger partial charge on any atom is -0.497 e. The van der Waals surface area contributed by atoms with Gasteiger partial charge in [0, 0.05) is 43.4 Å². The molecular weight excluding hydrogens is 447 g/mol. The summed E-state index contributed by atoms with van der Waals surface area (Å²) in [5, 5.41) is 15.7. The van der Waals surface area contributed by atoms with Crippen molar-refractivity contribution >= 4 is 22.7 Å². The first kappa shape index (κ1) is 23.8. The van der Waals surface area contributed by atoms with E-state index in [1.54, 1.807) is 26.6 Å². The SMILES string of the molecule is CCc1cc(C#N)cc(F)c1CNc1cc2c(ncn2C)c(NCc2ccc(OC)cc2OC)n1. The highest BCUT2D eigenvalue weighted by Gasteiger charge is 2.14. The number of rotatable bonds is 9. The summed E-state index contributed by atoms with van der Waals surface area (Å²) in [4.78, 5) is 9.20. The van der Waals surface area contributed by atoms with Gasteiger partial charge in [-0.3, -0.25) is 0 Å². The number of nitrogens with zero attached hydrogens (tertiary/aromatic N) is 4. The molecular formula is C26H27FN6O2. The Morgan fingerprint density at radius 3 is 2.60 bits per heavy atom. The summed E-state index contributed by atoms with van der Waals surface area (Å²) in [7, 11) is 5.13. The largest absolute Gasteiger partial charge is 0.497 e. The van der Waals surface area contributed by atoms with Gasteiger partial charge in [-0.15, -0.1) is 0 Å². The lowest BCUT2D eigenvalue weighted by molar-refractivity contribution is 0.391. The number of pyridine rings is 1. The Kier molecular flexibility index (Phi) is 7.01. The Labute approximate surface area is 203 Å². The molecule has 0 spiro atoms. The molecule has 4 rings (SSSR count). The first-order valence-corrected chi connectivity index (χ1v) is 11.2. The van der Waals surface area contributed by atoms with E-state index in [1.807, 2.05) is 48.9 Å². The normalized spacial score (nSPS) is 10.7. The minimum atomic E-state index is -0.403. The minimum absolute atomic E-state index is 0.239. The van der Waals surface area contributed by atoms with E-state index in [0.717, 1.165) is 22.2 Å². The number of imidazole rings is 1. The smallest absolute Gasteiger partial charge is 0.156 e. The molecule has 8 nitrogen and oxygen atoms in total. The van der Waals surface area contributed by atoms with Gasteiger partial charge in [-0.25, -0.2) is 14.4 Å². The predicted molar refractivity (Wildman–Crippen MR) is 133 cm³/mol. The number of nitrogens with one attached hydrogen (secondary N) is 2. The number of benzene rings is 2. The van der Waals surface area contributed by atoms with Gasteiger partial charge in [-0.05, 0) is 36.2 Å². The maximum Gasteiger partial charge on any atom is 0.156 e.